The van der Waals surface area contributed by atoms with E-state index in [1.54, 1.807) is 26.4 Å². The monoisotopic (exact) mass is 411 g/mol. The molecule has 0 amide bonds. The van der Waals surface area contributed by atoms with Crippen LogP contribution < -0.4 is 14.8 Å². The molecule has 0 radical (unpaired) electrons. The average Bonchev–Trinajstić information content (AvgIpc) is 3.16. The van der Waals surface area contributed by atoms with Crippen LogP contribution in [0, 0.1) is 0 Å². The number of halogens is 3. The van der Waals surface area contributed by atoms with Gasteiger partial charge in [0.1, 0.15) is 0 Å². The Morgan fingerprint density at radius 3 is 2.46 bits per heavy atom. The second kappa shape index (κ2) is 7.27. The van der Waals surface area contributed by atoms with Crippen LogP contribution in [-0.4, -0.2) is 24.4 Å². The normalized spacial score (nSPS) is 11.4. The van der Waals surface area contributed by atoms with Crippen LogP contribution in [0.3, 0.4) is 0 Å². The highest BCUT2D eigenvalue weighted by Crippen LogP contribution is 2.44. The number of H-pyrrole nitrogens is 1. The number of methoxy groups -OCH3 is 2. The van der Waals surface area contributed by atoms with Gasteiger partial charge in [-0.25, -0.2) is 0 Å². The fourth-order valence-corrected chi connectivity index (χ4v) is 3.36. The summed E-state index contributed by atoms with van der Waals surface area (Å²) in [7, 11) is 3.27. The lowest BCUT2D eigenvalue weighted by atomic mass is 10.1. The third-order valence-corrected chi connectivity index (χ3v) is 5.03. The summed E-state index contributed by atoms with van der Waals surface area (Å²) in [6.07, 6.45) is 0.755. The van der Waals surface area contributed by atoms with Crippen molar-refractivity contribution >= 4 is 47.1 Å². The van der Waals surface area contributed by atoms with E-state index < -0.39 is 0 Å². The minimum Gasteiger partial charge on any atom is -0.493 e. The Labute approximate surface area is 167 Å². The molecule has 1 heterocycles. The van der Waals surface area contributed by atoms with Crippen LogP contribution >= 0.6 is 35.6 Å². The quantitative estimate of drug-likeness (QED) is 0.466. The molecule has 0 saturated carbocycles. The first kappa shape index (κ1) is 18.7. The molecule has 0 atom stereocenters. The van der Waals surface area contributed by atoms with E-state index in [2.05, 4.69) is 15.5 Å². The van der Waals surface area contributed by atoms with Gasteiger partial charge in [0.25, 0.3) is 0 Å². The minimum atomic E-state index is 0. The van der Waals surface area contributed by atoms with E-state index in [1.165, 1.54) is 5.56 Å². The van der Waals surface area contributed by atoms with Gasteiger partial charge in [-0.1, -0.05) is 23.2 Å². The van der Waals surface area contributed by atoms with Gasteiger partial charge < -0.3 is 14.8 Å². The summed E-state index contributed by atoms with van der Waals surface area (Å²) >= 11 is 12.1. The van der Waals surface area contributed by atoms with Gasteiger partial charge in [0.2, 0.25) is 0 Å². The summed E-state index contributed by atoms with van der Waals surface area (Å²) in [4.78, 5) is 0. The SMILES string of the molecule is COc1cc2c(cc1OC)-c1[nH]nc(Nc3ccc(Cl)c(Cl)c3)c1C2.Cl. The molecule has 1 aliphatic carbocycles. The van der Waals surface area contributed by atoms with Gasteiger partial charge in [0.05, 0.1) is 30.0 Å². The third kappa shape index (κ3) is 3.07. The highest BCUT2D eigenvalue weighted by Gasteiger charge is 2.26. The Balaban J connectivity index is 0.00000196. The van der Waals surface area contributed by atoms with Crippen LogP contribution in [0.5, 0.6) is 11.5 Å². The molecule has 2 N–H and O–H groups in total. The summed E-state index contributed by atoms with van der Waals surface area (Å²) in [5.41, 5.74) is 5.14. The zero-order valence-electron chi connectivity index (χ0n) is 14.0. The van der Waals surface area contributed by atoms with Gasteiger partial charge in [-0.05, 0) is 35.9 Å². The number of nitrogens with zero attached hydrogens (tertiary/aromatic N) is 1. The molecule has 1 aliphatic rings. The Morgan fingerprint density at radius 1 is 1.04 bits per heavy atom. The molecule has 26 heavy (non-hydrogen) atoms. The molecule has 3 aromatic rings. The molecular weight excluding hydrogens is 397 g/mol. The van der Waals surface area contributed by atoms with Gasteiger partial charge in [-0.15, -0.1) is 12.4 Å². The highest BCUT2D eigenvalue weighted by atomic mass is 35.5. The number of hydrogen-bond donors (Lipinski definition) is 2. The highest BCUT2D eigenvalue weighted by molar-refractivity contribution is 6.42. The Bertz CT molecular complexity index is 973. The molecule has 2 aromatic carbocycles. The van der Waals surface area contributed by atoms with Crippen molar-refractivity contribution in [2.75, 3.05) is 19.5 Å². The number of aromatic amines is 1. The Hall–Kier alpha value is -2.08. The molecule has 4 rings (SSSR count). The van der Waals surface area contributed by atoms with E-state index in [9.17, 15) is 0 Å². The predicted octanol–water partition coefficient (Wildman–Crippen LogP) is 5.47. The molecule has 0 bridgehead atoms. The molecular formula is C18H16Cl3N3O2. The first-order valence-electron chi connectivity index (χ1n) is 7.65. The van der Waals surface area contributed by atoms with Crippen molar-refractivity contribution in [1.82, 2.24) is 10.2 Å². The predicted molar refractivity (Wildman–Crippen MR) is 107 cm³/mol. The second-order valence-electron chi connectivity index (χ2n) is 5.72. The van der Waals surface area contributed by atoms with Crippen LogP contribution in [-0.2, 0) is 6.42 Å². The zero-order chi connectivity index (χ0) is 17.6. The fourth-order valence-electron chi connectivity index (χ4n) is 3.06. The van der Waals surface area contributed by atoms with Crippen molar-refractivity contribution in [2.24, 2.45) is 0 Å². The van der Waals surface area contributed by atoms with Gasteiger partial charge in [-0.2, -0.15) is 5.10 Å². The number of aromatic nitrogens is 2. The molecule has 1 aromatic heterocycles. The van der Waals surface area contributed by atoms with Crippen molar-refractivity contribution in [3.63, 3.8) is 0 Å². The lowest BCUT2D eigenvalue weighted by Gasteiger charge is -2.10. The van der Waals surface area contributed by atoms with Crippen molar-refractivity contribution in [1.29, 1.82) is 0 Å². The molecule has 0 spiro atoms. The van der Waals surface area contributed by atoms with Crippen LogP contribution in [0.25, 0.3) is 11.3 Å². The van der Waals surface area contributed by atoms with E-state index in [0.717, 1.165) is 40.5 Å². The van der Waals surface area contributed by atoms with Crippen molar-refractivity contribution < 1.29 is 9.47 Å². The summed E-state index contributed by atoms with van der Waals surface area (Å²) in [6.45, 7) is 0. The van der Waals surface area contributed by atoms with E-state index >= 15 is 0 Å². The molecule has 8 heteroatoms. The standard InChI is InChI=1S/C18H15Cl2N3O2.ClH/c1-24-15-6-9-5-12-17(11(9)8-16(15)25-2)22-23-18(12)21-10-3-4-13(19)14(20)7-10;/h3-4,6-8H,5H2,1-2H3,(H2,21,22,23);1H. The fraction of sp³-hybridized carbons (Fsp3) is 0.167. The number of ether oxygens (including phenoxy) is 2. The average molecular weight is 413 g/mol. The van der Waals surface area contributed by atoms with Crippen molar-refractivity contribution in [2.45, 2.75) is 6.42 Å². The smallest absolute Gasteiger partial charge is 0.161 e. The number of rotatable bonds is 4. The molecule has 0 unspecified atom stereocenters. The Kier molecular flexibility index (Phi) is 5.23. The van der Waals surface area contributed by atoms with E-state index in [1.807, 2.05) is 18.2 Å². The number of anilines is 2. The maximum Gasteiger partial charge on any atom is 0.161 e. The summed E-state index contributed by atoms with van der Waals surface area (Å²) in [5, 5.41) is 11.8. The van der Waals surface area contributed by atoms with Crippen molar-refractivity contribution in [3.05, 3.63) is 51.5 Å². The molecule has 0 aliphatic heterocycles. The van der Waals surface area contributed by atoms with Crippen LogP contribution in [0.2, 0.25) is 10.0 Å². The van der Waals surface area contributed by atoms with Crippen molar-refractivity contribution in [3.8, 4) is 22.8 Å². The largest absolute Gasteiger partial charge is 0.493 e. The molecule has 0 fully saturated rings. The number of hydrogen-bond acceptors (Lipinski definition) is 4. The zero-order valence-corrected chi connectivity index (χ0v) is 16.4. The van der Waals surface area contributed by atoms with Gasteiger partial charge >= 0.3 is 0 Å². The van der Waals surface area contributed by atoms with E-state index in [0.29, 0.717) is 15.8 Å². The number of fused-ring (bicyclic) bond motifs is 3. The van der Waals surface area contributed by atoms with Gasteiger partial charge in [0, 0.05) is 23.2 Å². The molecule has 136 valence electrons. The topological polar surface area (TPSA) is 59.2 Å². The third-order valence-electron chi connectivity index (χ3n) is 4.30. The number of benzene rings is 2. The van der Waals surface area contributed by atoms with E-state index in [-0.39, 0.29) is 12.4 Å². The summed E-state index contributed by atoms with van der Waals surface area (Å²) in [6, 6.07) is 9.37. The maximum absolute atomic E-state index is 6.08. The summed E-state index contributed by atoms with van der Waals surface area (Å²) in [5.74, 6) is 2.18. The maximum atomic E-state index is 6.08. The summed E-state index contributed by atoms with van der Waals surface area (Å²) < 4.78 is 10.8. The Morgan fingerprint density at radius 2 is 1.77 bits per heavy atom. The first-order valence-corrected chi connectivity index (χ1v) is 8.41. The van der Waals surface area contributed by atoms with Crippen LogP contribution in [0.15, 0.2) is 30.3 Å². The molecule has 5 nitrogen and oxygen atoms in total. The van der Waals surface area contributed by atoms with Gasteiger partial charge in [-0.3, -0.25) is 5.10 Å². The lowest BCUT2D eigenvalue weighted by Crippen LogP contribution is -1.95. The first-order chi connectivity index (χ1) is 12.1. The van der Waals surface area contributed by atoms with E-state index in [4.69, 9.17) is 32.7 Å². The lowest BCUT2D eigenvalue weighted by molar-refractivity contribution is 0.355. The minimum absolute atomic E-state index is 0. The van der Waals surface area contributed by atoms with Gasteiger partial charge in [0.15, 0.2) is 17.3 Å². The van der Waals surface area contributed by atoms with Crippen LogP contribution in [0.1, 0.15) is 11.1 Å². The number of nitrogens with one attached hydrogen (secondary N) is 2. The molecule has 0 saturated heterocycles. The second-order valence-corrected chi connectivity index (χ2v) is 6.54. The van der Waals surface area contributed by atoms with Crippen LogP contribution in [0.4, 0.5) is 11.5 Å².